The summed E-state index contributed by atoms with van der Waals surface area (Å²) in [5.74, 6) is 0.531. The van der Waals surface area contributed by atoms with Crippen molar-refractivity contribution < 1.29 is 28.6 Å². The van der Waals surface area contributed by atoms with Crippen molar-refractivity contribution in [3.63, 3.8) is 0 Å². The van der Waals surface area contributed by atoms with Crippen LogP contribution >= 0.6 is 0 Å². The lowest BCUT2D eigenvalue weighted by molar-refractivity contribution is -0.124. The summed E-state index contributed by atoms with van der Waals surface area (Å²) in [7, 11) is 1.62. The fraction of sp³-hybridized carbons (Fsp3) is 0.444. The Bertz CT molecular complexity index is 1100. The lowest BCUT2D eigenvalue weighted by Crippen LogP contribution is -2.54. The standard InChI is InChI=1S/C27H33N3O6/c1-18-6-3-4-7-21(18)25(31)29-24(26(32)28-12-5-15-34-2)19-10-13-30(14-11-19)27(33)20-8-9-22-23(16-20)36-17-35-22/h3-4,6-9,16,19,24H,5,10-15,17H2,1-2H3,(H,28,32)(H,29,31)/t24-/m1/s1. The number of hydrogen-bond donors (Lipinski definition) is 2. The third kappa shape index (κ3) is 5.96. The molecule has 2 aliphatic heterocycles. The van der Waals surface area contributed by atoms with Crippen molar-refractivity contribution in [3.8, 4) is 11.5 Å². The molecule has 2 aliphatic rings. The second-order valence-corrected chi connectivity index (χ2v) is 9.10. The molecule has 2 aromatic rings. The van der Waals surface area contributed by atoms with E-state index < -0.39 is 6.04 Å². The fourth-order valence-corrected chi connectivity index (χ4v) is 4.63. The van der Waals surface area contributed by atoms with E-state index in [-0.39, 0.29) is 30.4 Å². The van der Waals surface area contributed by atoms with Crippen LogP contribution in [0.2, 0.25) is 0 Å². The van der Waals surface area contributed by atoms with Gasteiger partial charge >= 0.3 is 0 Å². The van der Waals surface area contributed by atoms with Crippen molar-refractivity contribution in [2.45, 2.75) is 32.2 Å². The van der Waals surface area contributed by atoms with Crippen molar-refractivity contribution in [2.24, 2.45) is 5.92 Å². The zero-order chi connectivity index (χ0) is 25.5. The Morgan fingerprint density at radius 2 is 1.83 bits per heavy atom. The molecule has 4 rings (SSSR count). The molecule has 1 atom stereocenters. The Morgan fingerprint density at radius 3 is 2.58 bits per heavy atom. The molecule has 0 unspecified atom stereocenters. The number of ether oxygens (including phenoxy) is 3. The number of likely N-dealkylation sites (tertiary alicyclic amines) is 1. The van der Waals surface area contributed by atoms with Crippen LogP contribution < -0.4 is 20.1 Å². The van der Waals surface area contributed by atoms with E-state index in [0.717, 1.165) is 5.56 Å². The minimum absolute atomic E-state index is 0.0868. The molecule has 0 spiro atoms. The summed E-state index contributed by atoms with van der Waals surface area (Å²) in [6, 6.07) is 11.8. The normalized spacial score (nSPS) is 15.9. The quantitative estimate of drug-likeness (QED) is 0.518. The van der Waals surface area contributed by atoms with Crippen molar-refractivity contribution in [1.82, 2.24) is 15.5 Å². The van der Waals surface area contributed by atoms with E-state index in [1.807, 2.05) is 25.1 Å². The van der Waals surface area contributed by atoms with Crippen molar-refractivity contribution in [2.75, 3.05) is 40.1 Å². The molecule has 1 saturated heterocycles. The van der Waals surface area contributed by atoms with Gasteiger partial charge in [0.15, 0.2) is 11.5 Å². The summed E-state index contributed by atoms with van der Waals surface area (Å²) >= 11 is 0. The summed E-state index contributed by atoms with van der Waals surface area (Å²) < 4.78 is 15.8. The number of amides is 3. The van der Waals surface area contributed by atoms with Gasteiger partial charge < -0.3 is 29.7 Å². The van der Waals surface area contributed by atoms with E-state index in [1.165, 1.54) is 0 Å². The Labute approximate surface area is 211 Å². The van der Waals surface area contributed by atoms with E-state index in [1.54, 1.807) is 36.3 Å². The monoisotopic (exact) mass is 495 g/mol. The zero-order valence-corrected chi connectivity index (χ0v) is 20.7. The van der Waals surface area contributed by atoms with E-state index in [0.29, 0.717) is 68.1 Å². The van der Waals surface area contributed by atoms with Gasteiger partial charge in [-0.1, -0.05) is 18.2 Å². The molecule has 1 fully saturated rings. The van der Waals surface area contributed by atoms with Gasteiger partial charge in [-0.25, -0.2) is 0 Å². The maximum Gasteiger partial charge on any atom is 0.253 e. The van der Waals surface area contributed by atoms with Crippen LogP contribution in [-0.2, 0) is 9.53 Å². The first kappa shape index (κ1) is 25.5. The summed E-state index contributed by atoms with van der Waals surface area (Å²) in [6.45, 7) is 4.01. The average molecular weight is 496 g/mol. The first-order chi connectivity index (χ1) is 17.5. The summed E-state index contributed by atoms with van der Waals surface area (Å²) in [4.78, 5) is 41.0. The number of rotatable bonds is 9. The van der Waals surface area contributed by atoms with Gasteiger partial charge in [0.1, 0.15) is 6.04 Å². The predicted molar refractivity (Wildman–Crippen MR) is 133 cm³/mol. The molecule has 0 aliphatic carbocycles. The molecule has 2 aromatic carbocycles. The Balaban J connectivity index is 1.41. The Morgan fingerprint density at radius 1 is 1.08 bits per heavy atom. The van der Waals surface area contributed by atoms with Crippen molar-refractivity contribution >= 4 is 17.7 Å². The molecule has 0 radical (unpaired) electrons. The molecule has 0 bridgehead atoms. The molecule has 3 amide bonds. The summed E-state index contributed by atoms with van der Waals surface area (Å²) in [5.41, 5.74) is 1.93. The third-order valence-electron chi connectivity index (χ3n) is 6.70. The molecular weight excluding hydrogens is 462 g/mol. The number of nitrogens with zero attached hydrogens (tertiary/aromatic N) is 1. The number of nitrogens with one attached hydrogen (secondary N) is 2. The molecular formula is C27H33N3O6. The fourth-order valence-electron chi connectivity index (χ4n) is 4.63. The molecule has 192 valence electrons. The van der Waals surface area contributed by atoms with Crippen LogP contribution in [0.1, 0.15) is 45.5 Å². The smallest absolute Gasteiger partial charge is 0.253 e. The highest BCUT2D eigenvalue weighted by molar-refractivity contribution is 5.99. The number of aryl methyl sites for hydroxylation is 1. The van der Waals surface area contributed by atoms with Crippen LogP contribution in [0.5, 0.6) is 11.5 Å². The molecule has 0 saturated carbocycles. The van der Waals surface area contributed by atoms with Crippen molar-refractivity contribution in [1.29, 1.82) is 0 Å². The maximum atomic E-state index is 13.1. The second-order valence-electron chi connectivity index (χ2n) is 9.10. The van der Waals surface area contributed by atoms with Gasteiger partial charge in [-0.05, 0) is 61.9 Å². The molecule has 2 N–H and O–H groups in total. The Hall–Kier alpha value is -3.59. The number of benzene rings is 2. The van der Waals surface area contributed by atoms with Gasteiger partial charge in [-0.15, -0.1) is 0 Å². The van der Waals surface area contributed by atoms with E-state index in [4.69, 9.17) is 14.2 Å². The van der Waals surface area contributed by atoms with Crippen LogP contribution in [0, 0.1) is 12.8 Å². The number of methoxy groups -OCH3 is 1. The number of fused-ring (bicyclic) bond motifs is 1. The number of piperidine rings is 1. The number of carbonyl (C=O) groups excluding carboxylic acids is 3. The van der Waals surface area contributed by atoms with E-state index in [2.05, 4.69) is 10.6 Å². The lowest BCUT2D eigenvalue weighted by Gasteiger charge is -2.36. The van der Waals surface area contributed by atoms with Gasteiger partial charge in [-0.3, -0.25) is 14.4 Å². The zero-order valence-electron chi connectivity index (χ0n) is 20.7. The second kappa shape index (κ2) is 11.9. The largest absolute Gasteiger partial charge is 0.454 e. The van der Waals surface area contributed by atoms with Crippen LogP contribution in [-0.4, -0.2) is 68.8 Å². The topological polar surface area (TPSA) is 106 Å². The Kier molecular flexibility index (Phi) is 8.43. The van der Waals surface area contributed by atoms with Crippen molar-refractivity contribution in [3.05, 3.63) is 59.2 Å². The number of hydrogen-bond acceptors (Lipinski definition) is 6. The van der Waals surface area contributed by atoms with Crippen LogP contribution in [0.15, 0.2) is 42.5 Å². The lowest BCUT2D eigenvalue weighted by atomic mass is 9.88. The highest BCUT2D eigenvalue weighted by Gasteiger charge is 2.34. The minimum atomic E-state index is -0.692. The van der Waals surface area contributed by atoms with E-state index >= 15 is 0 Å². The van der Waals surface area contributed by atoms with Crippen LogP contribution in [0.3, 0.4) is 0 Å². The van der Waals surface area contributed by atoms with Crippen LogP contribution in [0.25, 0.3) is 0 Å². The third-order valence-corrected chi connectivity index (χ3v) is 6.70. The van der Waals surface area contributed by atoms with Gasteiger partial charge in [0, 0.05) is 44.5 Å². The van der Waals surface area contributed by atoms with Gasteiger partial charge in [-0.2, -0.15) is 0 Å². The van der Waals surface area contributed by atoms with E-state index in [9.17, 15) is 14.4 Å². The molecule has 9 nitrogen and oxygen atoms in total. The van der Waals surface area contributed by atoms with Gasteiger partial charge in [0.05, 0.1) is 0 Å². The minimum Gasteiger partial charge on any atom is -0.454 e. The summed E-state index contributed by atoms with van der Waals surface area (Å²) in [5, 5.41) is 5.90. The van der Waals surface area contributed by atoms with Gasteiger partial charge in [0.2, 0.25) is 12.7 Å². The SMILES string of the molecule is COCCCNC(=O)[C@H](NC(=O)c1ccccc1C)C1CCN(C(=O)c2ccc3c(c2)OCO3)CC1. The average Bonchev–Trinajstić information content (AvgIpc) is 3.37. The highest BCUT2D eigenvalue weighted by atomic mass is 16.7. The first-order valence-electron chi connectivity index (χ1n) is 12.3. The molecule has 2 heterocycles. The highest BCUT2D eigenvalue weighted by Crippen LogP contribution is 2.33. The van der Waals surface area contributed by atoms with Crippen LogP contribution in [0.4, 0.5) is 0 Å². The summed E-state index contributed by atoms with van der Waals surface area (Å²) in [6.07, 6.45) is 1.88. The number of carbonyl (C=O) groups is 3. The first-order valence-corrected chi connectivity index (χ1v) is 12.3. The molecule has 9 heteroatoms. The molecule has 36 heavy (non-hydrogen) atoms. The predicted octanol–water partition coefficient (Wildman–Crippen LogP) is 2.53. The maximum absolute atomic E-state index is 13.1. The molecule has 0 aromatic heterocycles. The van der Waals surface area contributed by atoms with Gasteiger partial charge in [0.25, 0.3) is 11.8 Å².